The molecule has 0 saturated carbocycles. The van der Waals surface area contributed by atoms with Crippen molar-refractivity contribution >= 4 is 24.7 Å². The van der Waals surface area contributed by atoms with E-state index in [-0.39, 0.29) is 0 Å². The van der Waals surface area contributed by atoms with Gasteiger partial charge in [-0.25, -0.2) is 0 Å². The minimum atomic E-state index is -2.70. The molecule has 0 bridgehead atoms. The summed E-state index contributed by atoms with van der Waals surface area (Å²) >= 11 is 0. The van der Waals surface area contributed by atoms with Crippen LogP contribution in [-0.2, 0) is 0 Å². The van der Waals surface area contributed by atoms with Gasteiger partial charge in [0.05, 0.1) is 0 Å². The molecule has 0 aliphatic carbocycles. The number of para-hydroxylation sites is 2. The first-order chi connectivity index (χ1) is 9.86. The highest BCUT2D eigenvalue weighted by molar-refractivity contribution is 7.65. The monoisotopic (exact) mass is 321 g/mol. The van der Waals surface area contributed by atoms with Crippen LogP contribution < -0.4 is 9.05 Å². The fourth-order valence-electron chi connectivity index (χ4n) is 1.50. The third-order valence-corrected chi connectivity index (χ3v) is 6.31. The molecule has 20 heavy (non-hydrogen) atoms. The van der Waals surface area contributed by atoms with E-state index in [0.717, 1.165) is 0 Å². The summed E-state index contributed by atoms with van der Waals surface area (Å²) in [5.74, 6) is 1.38. The molecule has 0 saturated heterocycles. The Bertz CT molecular complexity index is 644. The van der Waals surface area contributed by atoms with Crippen LogP contribution in [0.15, 0.2) is 74.2 Å². The van der Waals surface area contributed by atoms with E-state index in [9.17, 15) is 0 Å². The largest absolute Gasteiger partial charge is 0.459 e. The standard InChI is InChI=1S/C12H10N3O2P3/c1-3-7-11(8-4-1)16-20(14-18-13-19-15-20)17-12-9-5-2-6-10-12/h1-10H. The van der Waals surface area contributed by atoms with Crippen LogP contribution in [-0.4, -0.2) is 0 Å². The first kappa shape index (κ1) is 13.5. The summed E-state index contributed by atoms with van der Waals surface area (Å²) < 4.78 is 24.6. The average molecular weight is 321 g/mol. The van der Waals surface area contributed by atoms with Crippen LogP contribution in [0.1, 0.15) is 0 Å². The van der Waals surface area contributed by atoms with Crippen molar-refractivity contribution in [1.82, 2.24) is 0 Å². The third-order valence-electron chi connectivity index (χ3n) is 2.32. The molecule has 3 rings (SSSR count). The second kappa shape index (κ2) is 6.28. The third kappa shape index (κ3) is 3.32. The summed E-state index contributed by atoms with van der Waals surface area (Å²) in [6.45, 7) is 0. The van der Waals surface area contributed by atoms with E-state index < -0.39 is 7.66 Å². The molecule has 0 aromatic heterocycles. The van der Waals surface area contributed by atoms with Crippen LogP contribution in [0.5, 0.6) is 11.5 Å². The summed E-state index contributed by atoms with van der Waals surface area (Å²) in [4.78, 5) is 0. The molecule has 0 fully saturated rings. The average Bonchev–Trinajstić information content (AvgIpc) is 2.50. The van der Waals surface area contributed by atoms with Crippen LogP contribution in [0.4, 0.5) is 0 Å². The predicted molar refractivity (Wildman–Crippen MR) is 82.2 cm³/mol. The zero-order valence-corrected chi connectivity index (χ0v) is 13.0. The van der Waals surface area contributed by atoms with Gasteiger partial charge in [0.15, 0.2) is 17.0 Å². The maximum atomic E-state index is 5.93. The van der Waals surface area contributed by atoms with Gasteiger partial charge >= 0.3 is 7.66 Å². The fraction of sp³-hybridized carbons (Fsp3) is 0. The van der Waals surface area contributed by atoms with E-state index in [4.69, 9.17) is 9.05 Å². The van der Waals surface area contributed by atoms with Crippen molar-refractivity contribution in [2.45, 2.75) is 0 Å². The molecule has 0 unspecified atom stereocenters. The first-order valence-corrected chi connectivity index (χ1v) is 8.93. The molecule has 1 aliphatic heterocycles. The molecule has 2 aromatic carbocycles. The lowest BCUT2D eigenvalue weighted by Crippen LogP contribution is -1.98. The Hall–Kier alpha value is -1.53. The van der Waals surface area contributed by atoms with Crippen molar-refractivity contribution in [3.63, 3.8) is 0 Å². The Morgan fingerprint density at radius 3 is 1.75 bits per heavy atom. The van der Waals surface area contributed by atoms with Gasteiger partial charge in [-0.05, 0) is 24.3 Å². The van der Waals surface area contributed by atoms with E-state index in [2.05, 4.69) is 13.5 Å². The molecule has 0 spiro atoms. The van der Waals surface area contributed by atoms with E-state index in [1.807, 2.05) is 60.7 Å². The van der Waals surface area contributed by atoms with Crippen molar-refractivity contribution < 1.29 is 9.05 Å². The van der Waals surface area contributed by atoms with Crippen molar-refractivity contribution in [3.05, 3.63) is 60.7 Å². The van der Waals surface area contributed by atoms with Gasteiger partial charge in [0.1, 0.15) is 11.5 Å². The summed E-state index contributed by atoms with van der Waals surface area (Å²) in [6.07, 6.45) is 0. The zero-order valence-electron chi connectivity index (χ0n) is 10.3. The van der Waals surface area contributed by atoms with Crippen LogP contribution in [0.2, 0.25) is 0 Å². The van der Waals surface area contributed by atoms with Crippen molar-refractivity contribution in [1.29, 1.82) is 0 Å². The molecule has 8 heteroatoms. The summed E-state index contributed by atoms with van der Waals surface area (Å²) in [7, 11) is -1.52. The zero-order chi connectivity index (χ0) is 13.7. The fourth-order valence-corrected chi connectivity index (χ4v) is 5.26. The number of hydrogen-bond acceptors (Lipinski definition) is 5. The van der Waals surface area contributed by atoms with Gasteiger partial charge < -0.3 is 9.05 Å². The molecule has 2 aromatic rings. The molecule has 0 N–H and O–H groups in total. The molecule has 100 valence electrons. The highest BCUT2D eigenvalue weighted by atomic mass is 31.2. The minimum Gasteiger partial charge on any atom is -0.413 e. The molecule has 1 heterocycles. The maximum absolute atomic E-state index is 5.93. The van der Waals surface area contributed by atoms with E-state index >= 15 is 0 Å². The Morgan fingerprint density at radius 2 is 1.30 bits per heavy atom. The van der Waals surface area contributed by atoms with Crippen LogP contribution >= 0.6 is 24.7 Å². The quantitative estimate of drug-likeness (QED) is 0.630. The van der Waals surface area contributed by atoms with Gasteiger partial charge in [0.25, 0.3) is 0 Å². The number of hydrogen-bond donors (Lipinski definition) is 0. The summed E-state index contributed by atoms with van der Waals surface area (Å²) in [6, 6.07) is 18.9. The van der Waals surface area contributed by atoms with Gasteiger partial charge in [0, 0.05) is 0 Å². The smallest absolute Gasteiger partial charge is 0.413 e. The molecule has 0 amide bonds. The van der Waals surface area contributed by atoms with Gasteiger partial charge in [-0.15, -0.1) is 9.03 Å². The highest BCUT2D eigenvalue weighted by Crippen LogP contribution is 2.59. The first-order valence-electron chi connectivity index (χ1n) is 5.79. The number of nitrogens with zero attached hydrogens (tertiary/aromatic N) is 3. The van der Waals surface area contributed by atoms with Gasteiger partial charge in [-0.3, -0.25) is 0 Å². The number of benzene rings is 2. The Balaban J connectivity index is 1.92. The van der Waals surface area contributed by atoms with E-state index in [0.29, 0.717) is 28.5 Å². The Morgan fingerprint density at radius 1 is 0.750 bits per heavy atom. The van der Waals surface area contributed by atoms with Crippen molar-refractivity contribution in [3.8, 4) is 11.5 Å². The molecule has 0 atom stereocenters. The second-order valence-electron chi connectivity index (χ2n) is 3.75. The SMILES string of the molecule is c1ccc(OP2(Oc3ccccc3)=NP=NP=N2)cc1. The lowest BCUT2D eigenvalue weighted by molar-refractivity contribution is 0.478. The number of rotatable bonds is 4. The van der Waals surface area contributed by atoms with E-state index in [1.165, 1.54) is 0 Å². The van der Waals surface area contributed by atoms with Gasteiger partial charge in [0.2, 0.25) is 0 Å². The van der Waals surface area contributed by atoms with E-state index in [1.54, 1.807) is 0 Å². The van der Waals surface area contributed by atoms with Crippen LogP contribution in [0.25, 0.3) is 0 Å². The lowest BCUT2D eigenvalue weighted by Gasteiger charge is -2.20. The normalized spacial score (nSPS) is 17.0. The molecular formula is C12H10N3O2P3. The van der Waals surface area contributed by atoms with Crippen molar-refractivity contribution in [2.24, 2.45) is 13.5 Å². The molecular weight excluding hydrogens is 311 g/mol. The van der Waals surface area contributed by atoms with Crippen LogP contribution in [0, 0.1) is 0 Å². The second-order valence-corrected chi connectivity index (χ2v) is 7.60. The lowest BCUT2D eigenvalue weighted by atomic mass is 10.3. The van der Waals surface area contributed by atoms with Gasteiger partial charge in [-0.2, -0.15) is 4.52 Å². The topological polar surface area (TPSA) is 55.5 Å². The Kier molecular flexibility index (Phi) is 4.22. The van der Waals surface area contributed by atoms with Crippen LogP contribution in [0.3, 0.4) is 0 Å². The molecule has 1 aliphatic rings. The minimum absolute atomic E-state index is 0.592. The Labute approximate surface area is 120 Å². The highest BCUT2D eigenvalue weighted by Gasteiger charge is 2.26. The predicted octanol–water partition coefficient (Wildman–Crippen LogP) is 6.19. The summed E-state index contributed by atoms with van der Waals surface area (Å²) in [5, 5.41) is 0. The molecule has 0 radical (unpaired) electrons. The maximum Gasteiger partial charge on any atom is 0.459 e. The molecule has 5 nitrogen and oxygen atoms in total. The van der Waals surface area contributed by atoms with Crippen molar-refractivity contribution in [2.75, 3.05) is 0 Å². The van der Waals surface area contributed by atoms with Gasteiger partial charge in [-0.1, -0.05) is 36.4 Å². The summed E-state index contributed by atoms with van der Waals surface area (Å²) in [5.41, 5.74) is 0.